The predicted octanol–water partition coefficient (Wildman–Crippen LogP) is 6.97. The van der Waals surface area contributed by atoms with E-state index in [9.17, 15) is 0 Å². The van der Waals surface area contributed by atoms with Crippen LogP contribution in [0.2, 0.25) is 0 Å². The average molecular weight is 609 g/mol. The van der Waals surface area contributed by atoms with Crippen molar-refractivity contribution in [1.29, 1.82) is 0 Å². The Labute approximate surface area is 269 Å². The van der Waals surface area contributed by atoms with Gasteiger partial charge in [0.05, 0.1) is 79.2 Å². The minimum Gasteiger partial charge on any atom is -0.335 e. The molecule has 3 heterocycles. The number of benzene rings is 3. The van der Waals surface area contributed by atoms with E-state index in [0.29, 0.717) is 0 Å². The summed E-state index contributed by atoms with van der Waals surface area (Å²) in [4.78, 5) is 6.64. The Balaban J connectivity index is 1.49. The summed E-state index contributed by atoms with van der Waals surface area (Å²) in [6.45, 7) is 5.45. The second-order valence-corrected chi connectivity index (χ2v) is 15.5. The molecule has 6 rings (SSSR count). The minimum atomic E-state index is 0.982. The van der Waals surface area contributed by atoms with Gasteiger partial charge in [0.1, 0.15) is 11.2 Å². The summed E-state index contributed by atoms with van der Waals surface area (Å²) < 4.78 is 4.47. The van der Waals surface area contributed by atoms with Gasteiger partial charge in [-0.15, -0.1) is 0 Å². The van der Waals surface area contributed by atoms with Gasteiger partial charge in [-0.25, -0.2) is 0 Å². The molecule has 0 aliphatic carbocycles. The summed E-state index contributed by atoms with van der Waals surface area (Å²) in [5.41, 5.74) is 6.70. The van der Waals surface area contributed by atoms with Gasteiger partial charge >= 0.3 is 0 Å². The highest BCUT2D eigenvalue weighted by atomic mass is 32.2. The molecule has 0 spiro atoms. The Bertz CT molecular complexity index is 1630. The maximum absolute atomic E-state index is 2.67. The second kappa shape index (κ2) is 12.6. The summed E-state index contributed by atoms with van der Waals surface area (Å²) in [6.07, 6.45) is 7.15. The lowest BCUT2D eigenvalue weighted by atomic mass is 10.0. The quantitative estimate of drug-likeness (QED) is 0.135. The van der Waals surface area contributed by atoms with Crippen molar-refractivity contribution in [1.82, 2.24) is 0 Å². The van der Waals surface area contributed by atoms with Crippen molar-refractivity contribution >= 4 is 40.2 Å². The third kappa shape index (κ3) is 6.83. The standard InChI is InChI=1S/C38H50N5S/c1-42(2,3)26-14-23-39(24-15-27-43(4,5)6)36-28-31(29-37-40-25-13-17-30-16-12-22-35(44-37)38(30)40)33-20-10-11-21-34(33)41(36)32-18-8-7-9-19-32/h7-12,16,18-22,28-29H,13-15,17,23-27H2,1-6H3/q+3. The molecule has 44 heavy (non-hydrogen) atoms. The van der Waals surface area contributed by atoms with Crippen LogP contribution in [0.1, 0.15) is 30.4 Å². The maximum Gasteiger partial charge on any atom is 0.282 e. The number of para-hydroxylation sites is 3. The first-order valence-corrected chi connectivity index (χ1v) is 17.1. The lowest BCUT2D eigenvalue weighted by molar-refractivity contribution is -0.870. The van der Waals surface area contributed by atoms with Crippen LogP contribution in [0.4, 0.5) is 11.5 Å². The molecular formula is C38H50N5S+3. The van der Waals surface area contributed by atoms with Gasteiger partial charge in [-0.2, -0.15) is 4.57 Å². The molecule has 230 valence electrons. The fourth-order valence-corrected chi connectivity index (χ4v) is 7.85. The molecular weight excluding hydrogens is 559 g/mol. The van der Waals surface area contributed by atoms with Gasteiger partial charge in [0.25, 0.3) is 5.82 Å². The van der Waals surface area contributed by atoms with Crippen LogP contribution >= 0.6 is 11.8 Å². The molecule has 0 unspecified atom stereocenters. The van der Waals surface area contributed by atoms with E-state index >= 15 is 0 Å². The number of rotatable bonds is 11. The predicted molar refractivity (Wildman–Crippen MR) is 189 cm³/mol. The summed E-state index contributed by atoms with van der Waals surface area (Å²) in [7, 11) is 13.8. The lowest BCUT2D eigenvalue weighted by Gasteiger charge is -2.28. The fourth-order valence-electron chi connectivity index (χ4n) is 6.66. The van der Waals surface area contributed by atoms with Crippen LogP contribution in [0.5, 0.6) is 0 Å². The molecule has 0 radical (unpaired) electrons. The minimum absolute atomic E-state index is 0.982. The van der Waals surface area contributed by atoms with Gasteiger partial charge in [0.2, 0.25) is 0 Å². The normalized spacial score (nSPS) is 15.7. The number of aromatic nitrogens is 1. The van der Waals surface area contributed by atoms with Crippen molar-refractivity contribution in [2.45, 2.75) is 30.6 Å². The third-order valence-electron chi connectivity index (χ3n) is 8.76. The van der Waals surface area contributed by atoms with E-state index in [1.807, 2.05) is 11.8 Å². The third-order valence-corrected chi connectivity index (χ3v) is 9.86. The molecule has 6 heteroatoms. The smallest absolute Gasteiger partial charge is 0.282 e. The molecule has 4 aromatic rings. The van der Waals surface area contributed by atoms with Gasteiger partial charge < -0.3 is 13.9 Å². The Morgan fingerprint density at radius 1 is 0.818 bits per heavy atom. The Hall–Kier alpha value is -3.32. The fraction of sp³-hybridized carbons (Fsp3) is 0.395. The van der Waals surface area contributed by atoms with Crippen molar-refractivity contribution in [2.24, 2.45) is 0 Å². The van der Waals surface area contributed by atoms with Gasteiger partial charge in [0.15, 0.2) is 0 Å². The highest BCUT2D eigenvalue weighted by molar-refractivity contribution is 8.03. The lowest BCUT2D eigenvalue weighted by Crippen LogP contribution is -2.45. The van der Waals surface area contributed by atoms with Crippen LogP contribution in [-0.4, -0.2) is 84.0 Å². The molecule has 0 saturated carbocycles. The van der Waals surface area contributed by atoms with E-state index in [2.05, 4.69) is 142 Å². The Morgan fingerprint density at radius 2 is 1.50 bits per heavy atom. The van der Waals surface area contributed by atoms with Gasteiger partial charge in [-0.3, -0.25) is 4.90 Å². The van der Waals surface area contributed by atoms with Crippen molar-refractivity contribution in [3.8, 4) is 5.69 Å². The van der Waals surface area contributed by atoms with Crippen molar-refractivity contribution < 1.29 is 13.5 Å². The molecule has 2 aliphatic rings. The number of pyridine rings is 1. The SMILES string of the molecule is C[N+](C)(C)CCCN(CCC[N+](C)(C)C)c1cc(C=C2Sc3cccc4c3N2CCC4)c2ccccc2[n+]1-c1ccccc1. The van der Waals surface area contributed by atoms with Crippen LogP contribution in [0.3, 0.4) is 0 Å². The van der Waals surface area contributed by atoms with E-state index < -0.39 is 0 Å². The maximum atomic E-state index is 2.67. The number of hydrogen-bond donors (Lipinski definition) is 0. The molecule has 2 aliphatic heterocycles. The Kier molecular flexibility index (Phi) is 8.78. The van der Waals surface area contributed by atoms with Crippen LogP contribution in [0.25, 0.3) is 22.7 Å². The van der Waals surface area contributed by atoms with Crippen LogP contribution in [0, 0.1) is 0 Å². The van der Waals surface area contributed by atoms with E-state index in [0.717, 1.165) is 54.5 Å². The molecule has 0 fully saturated rings. The molecule has 0 amide bonds. The van der Waals surface area contributed by atoms with Crippen molar-refractivity contribution in [3.63, 3.8) is 0 Å². The number of fused-ring (bicyclic) bond motifs is 1. The highest BCUT2D eigenvalue weighted by Crippen LogP contribution is 2.50. The van der Waals surface area contributed by atoms with E-state index in [4.69, 9.17) is 0 Å². The Morgan fingerprint density at radius 3 is 2.20 bits per heavy atom. The van der Waals surface area contributed by atoms with Crippen LogP contribution in [0.15, 0.2) is 88.8 Å². The zero-order valence-electron chi connectivity index (χ0n) is 27.6. The summed E-state index contributed by atoms with van der Waals surface area (Å²) >= 11 is 1.94. The zero-order valence-corrected chi connectivity index (χ0v) is 28.4. The van der Waals surface area contributed by atoms with Crippen LogP contribution < -0.4 is 14.4 Å². The molecule has 0 N–H and O–H groups in total. The number of quaternary nitrogens is 2. The summed E-state index contributed by atoms with van der Waals surface area (Å²) in [5.74, 6) is 1.28. The van der Waals surface area contributed by atoms with Gasteiger partial charge in [0, 0.05) is 35.7 Å². The number of hydrogen-bond acceptors (Lipinski definition) is 3. The first kappa shape index (κ1) is 30.7. The molecule has 0 bridgehead atoms. The summed E-state index contributed by atoms with van der Waals surface area (Å²) in [6, 6.07) is 29.3. The monoisotopic (exact) mass is 608 g/mol. The first-order valence-electron chi connectivity index (χ1n) is 16.3. The van der Waals surface area contributed by atoms with E-state index in [1.165, 1.54) is 62.0 Å². The highest BCUT2D eigenvalue weighted by Gasteiger charge is 2.31. The van der Waals surface area contributed by atoms with Crippen LogP contribution in [-0.2, 0) is 6.42 Å². The molecule has 3 aromatic carbocycles. The van der Waals surface area contributed by atoms with Gasteiger partial charge in [-0.05, 0) is 54.3 Å². The van der Waals surface area contributed by atoms with E-state index in [-0.39, 0.29) is 0 Å². The molecule has 5 nitrogen and oxygen atoms in total. The second-order valence-electron chi connectivity index (χ2n) is 14.5. The molecule has 0 atom stereocenters. The zero-order chi connectivity index (χ0) is 30.9. The molecule has 1 aromatic heterocycles. The first-order chi connectivity index (χ1) is 21.1. The number of anilines is 2. The number of thioether (sulfide) groups is 1. The van der Waals surface area contributed by atoms with Gasteiger partial charge in [-0.1, -0.05) is 60.3 Å². The number of nitrogens with zero attached hydrogens (tertiary/aromatic N) is 5. The van der Waals surface area contributed by atoms with Crippen molar-refractivity contribution in [2.75, 3.05) is 84.8 Å². The van der Waals surface area contributed by atoms with Crippen molar-refractivity contribution in [3.05, 3.63) is 95.0 Å². The topological polar surface area (TPSA) is 10.4 Å². The van der Waals surface area contributed by atoms with E-state index in [1.54, 1.807) is 0 Å². The average Bonchev–Trinajstić information content (AvgIpc) is 3.34. The number of aryl methyl sites for hydroxylation is 1. The molecule has 0 saturated heterocycles. The largest absolute Gasteiger partial charge is 0.335 e. The summed E-state index contributed by atoms with van der Waals surface area (Å²) in [5, 5.41) is 2.64.